The van der Waals surface area contributed by atoms with Crippen molar-refractivity contribution in [2.75, 3.05) is 7.05 Å². The molecular formula is C10H17N. The van der Waals surface area contributed by atoms with Crippen molar-refractivity contribution < 1.29 is 0 Å². The Labute approximate surface area is 69.6 Å². The molecule has 0 aromatic carbocycles. The second-order valence-electron chi connectivity index (χ2n) is 3.30. The van der Waals surface area contributed by atoms with E-state index in [0.717, 1.165) is 18.4 Å². The van der Waals surface area contributed by atoms with Crippen LogP contribution < -0.4 is 5.32 Å². The van der Waals surface area contributed by atoms with Crippen molar-refractivity contribution in [3.8, 4) is 11.8 Å². The molecule has 0 amide bonds. The molecule has 1 rings (SSSR count). The van der Waals surface area contributed by atoms with Gasteiger partial charge in [0.25, 0.3) is 0 Å². The van der Waals surface area contributed by atoms with Crippen LogP contribution in [0.1, 0.15) is 32.6 Å². The standard InChI is InChI=1S/C10H17N/c1-3-4-5-9-6-7-10(8-9)11-2/h9-11H,5-8H2,1-2H3. The van der Waals surface area contributed by atoms with E-state index in [1.165, 1.54) is 19.3 Å². The van der Waals surface area contributed by atoms with Gasteiger partial charge in [-0.3, -0.25) is 0 Å². The molecule has 1 aliphatic rings. The Morgan fingerprint density at radius 2 is 2.27 bits per heavy atom. The predicted octanol–water partition coefficient (Wildman–Crippen LogP) is 1.79. The fourth-order valence-electron chi connectivity index (χ4n) is 1.77. The topological polar surface area (TPSA) is 12.0 Å². The molecule has 0 spiro atoms. The highest BCUT2D eigenvalue weighted by molar-refractivity contribution is 4.98. The molecule has 1 heteroatoms. The smallest absolute Gasteiger partial charge is 0.0117 e. The number of nitrogens with one attached hydrogen (secondary N) is 1. The molecule has 1 saturated carbocycles. The van der Waals surface area contributed by atoms with Crippen LogP contribution in [0.25, 0.3) is 0 Å². The molecule has 0 heterocycles. The van der Waals surface area contributed by atoms with E-state index in [-0.39, 0.29) is 0 Å². The first-order chi connectivity index (χ1) is 5.36. The molecule has 1 aliphatic carbocycles. The van der Waals surface area contributed by atoms with Crippen LogP contribution in [-0.2, 0) is 0 Å². The van der Waals surface area contributed by atoms with Gasteiger partial charge in [0.1, 0.15) is 0 Å². The number of hydrogen-bond donors (Lipinski definition) is 1. The lowest BCUT2D eigenvalue weighted by Gasteiger charge is -2.06. The van der Waals surface area contributed by atoms with Crippen molar-refractivity contribution in [1.82, 2.24) is 5.32 Å². The average Bonchev–Trinajstić information content (AvgIpc) is 2.48. The van der Waals surface area contributed by atoms with Crippen LogP contribution in [-0.4, -0.2) is 13.1 Å². The molecule has 2 atom stereocenters. The van der Waals surface area contributed by atoms with Crippen LogP contribution in [0.2, 0.25) is 0 Å². The van der Waals surface area contributed by atoms with E-state index in [2.05, 4.69) is 24.2 Å². The Hall–Kier alpha value is -0.480. The lowest BCUT2D eigenvalue weighted by atomic mass is 10.0. The van der Waals surface area contributed by atoms with E-state index in [1.807, 2.05) is 6.92 Å². The van der Waals surface area contributed by atoms with Gasteiger partial charge in [-0.1, -0.05) is 0 Å². The van der Waals surface area contributed by atoms with Crippen molar-refractivity contribution in [3.05, 3.63) is 0 Å². The van der Waals surface area contributed by atoms with Gasteiger partial charge < -0.3 is 5.32 Å². The molecular weight excluding hydrogens is 134 g/mol. The van der Waals surface area contributed by atoms with E-state index in [4.69, 9.17) is 0 Å². The summed E-state index contributed by atoms with van der Waals surface area (Å²) in [6.45, 7) is 1.92. The molecule has 62 valence electrons. The van der Waals surface area contributed by atoms with Crippen LogP contribution in [0.3, 0.4) is 0 Å². The zero-order valence-corrected chi connectivity index (χ0v) is 7.48. The quantitative estimate of drug-likeness (QED) is 0.593. The fourth-order valence-corrected chi connectivity index (χ4v) is 1.77. The highest BCUT2D eigenvalue weighted by Crippen LogP contribution is 2.27. The Balaban J connectivity index is 2.22. The molecule has 11 heavy (non-hydrogen) atoms. The molecule has 0 aliphatic heterocycles. The summed E-state index contributed by atoms with van der Waals surface area (Å²) < 4.78 is 0. The fraction of sp³-hybridized carbons (Fsp3) is 0.800. The summed E-state index contributed by atoms with van der Waals surface area (Å²) in [6.07, 6.45) is 5.13. The Bertz CT molecular complexity index is 163. The lowest BCUT2D eigenvalue weighted by Crippen LogP contribution is -2.21. The van der Waals surface area contributed by atoms with E-state index < -0.39 is 0 Å². The highest BCUT2D eigenvalue weighted by Gasteiger charge is 2.21. The van der Waals surface area contributed by atoms with Crippen LogP contribution in [0, 0.1) is 17.8 Å². The van der Waals surface area contributed by atoms with Gasteiger partial charge in [-0.25, -0.2) is 0 Å². The molecule has 0 aromatic heterocycles. The van der Waals surface area contributed by atoms with Crippen molar-refractivity contribution in [3.63, 3.8) is 0 Å². The van der Waals surface area contributed by atoms with Crippen molar-refractivity contribution in [1.29, 1.82) is 0 Å². The number of hydrogen-bond acceptors (Lipinski definition) is 1. The van der Waals surface area contributed by atoms with Crippen molar-refractivity contribution in [2.45, 2.75) is 38.6 Å². The third-order valence-corrected chi connectivity index (χ3v) is 2.52. The summed E-state index contributed by atoms with van der Waals surface area (Å²) in [7, 11) is 2.05. The zero-order valence-electron chi connectivity index (χ0n) is 7.48. The zero-order chi connectivity index (χ0) is 8.10. The van der Waals surface area contributed by atoms with Gasteiger partial charge >= 0.3 is 0 Å². The van der Waals surface area contributed by atoms with Gasteiger partial charge in [-0.15, -0.1) is 11.8 Å². The van der Waals surface area contributed by atoms with E-state index in [1.54, 1.807) is 0 Å². The minimum atomic E-state index is 0.763. The Morgan fingerprint density at radius 3 is 2.82 bits per heavy atom. The first-order valence-electron chi connectivity index (χ1n) is 4.43. The minimum absolute atomic E-state index is 0.763. The second kappa shape index (κ2) is 4.41. The third-order valence-electron chi connectivity index (χ3n) is 2.52. The van der Waals surface area contributed by atoms with E-state index >= 15 is 0 Å². The molecule has 1 fully saturated rings. The summed E-state index contributed by atoms with van der Waals surface area (Å²) in [5.74, 6) is 6.98. The minimum Gasteiger partial charge on any atom is -0.317 e. The largest absolute Gasteiger partial charge is 0.317 e. The first-order valence-corrected chi connectivity index (χ1v) is 4.43. The first kappa shape index (κ1) is 8.62. The van der Waals surface area contributed by atoms with Gasteiger partial charge in [-0.05, 0) is 39.2 Å². The van der Waals surface area contributed by atoms with Crippen molar-refractivity contribution in [2.24, 2.45) is 5.92 Å². The van der Waals surface area contributed by atoms with Gasteiger partial charge in [0.2, 0.25) is 0 Å². The molecule has 0 saturated heterocycles. The maximum absolute atomic E-state index is 3.32. The summed E-state index contributed by atoms with van der Waals surface area (Å²) in [4.78, 5) is 0. The Morgan fingerprint density at radius 1 is 1.45 bits per heavy atom. The summed E-state index contributed by atoms with van der Waals surface area (Å²) >= 11 is 0. The Kier molecular flexibility index (Phi) is 3.45. The van der Waals surface area contributed by atoms with Gasteiger partial charge in [0.05, 0.1) is 0 Å². The second-order valence-corrected chi connectivity index (χ2v) is 3.30. The van der Waals surface area contributed by atoms with Crippen LogP contribution in [0.15, 0.2) is 0 Å². The molecule has 2 unspecified atom stereocenters. The van der Waals surface area contributed by atoms with E-state index in [9.17, 15) is 0 Å². The SMILES string of the molecule is CC#CCC1CCC(NC)C1. The van der Waals surface area contributed by atoms with Gasteiger partial charge in [0.15, 0.2) is 0 Å². The summed E-state index contributed by atoms with van der Waals surface area (Å²) in [5, 5.41) is 3.32. The van der Waals surface area contributed by atoms with Gasteiger partial charge in [0, 0.05) is 12.5 Å². The predicted molar refractivity (Wildman–Crippen MR) is 48.3 cm³/mol. The molecule has 1 N–H and O–H groups in total. The molecule has 1 nitrogen and oxygen atoms in total. The molecule has 0 radical (unpaired) electrons. The van der Waals surface area contributed by atoms with Crippen LogP contribution in [0.5, 0.6) is 0 Å². The molecule has 0 bridgehead atoms. The van der Waals surface area contributed by atoms with E-state index in [0.29, 0.717) is 0 Å². The maximum Gasteiger partial charge on any atom is 0.0117 e. The highest BCUT2D eigenvalue weighted by atomic mass is 14.9. The summed E-state index contributed by atoms with van der Waals surface area (Å²) in [5.41, 5.74) is 0. The maximum atomic E-state index is 3.32. The normalized spacial score (nSPS) is 29.6. The number of rotatable bonds is 2. The molecule has 0 aromatic rings. The van der Waals surface area contributed by atoms with Crippen molar-refractivity contribution >= 4 is 0 Å². The van der Waals surface area contributed by atoms with Crippen LogP contribution in [0.4, 0.5) is 0 Å². The van der Waals surface area contributed by atoms with Gasteiger partial charge in [-0.2, -0.15) is 0 Å². The lowest BCUT2D eigenvalue weighted by molar-refractivity contribution is 0.522. The monoisotopic (exact) mass is 151 g/mol. The third kappa shape index (κ3) is 2.55. The van der Waals surface area contributed by atoms with Crippen LogP contribution >= 0.6 is 0 Å². The average molecular weight is 151 g/mol. The summed E-state index contributed by atoms with van der Waals surface area (Å²) in [6, 6.07) is 0.763.